The van der Waals surface area contributed by atoms with Crippen molar-refractivity contribution in [1.29, 1.82) is 0 Å². The Bertz CT molecular complexity index is 836. The third-order valence-electron chi connectivity index (χ3n) is 3.47. The van der Waals surface area contributed by atoms with E-state index < -0.39 is 10.0 Å². The van der Waals surface area contributed by atoms with Gasteiger partial charge in [0, 0.05) is 10.2 Å². The molecule has 23 heavy (non-hydrogen) atoms. The highest BCUT2D eigenvalue weighted by Gasteiger charge is 2.34. The predicted octanol–water partition coefficient (Wildman–Crippen LogP) is 2.88. The molecule has 1 aliphatic rings. The molecule has 1 amide bonds. The number of hydrogen-bond donors (Lipinski definition) is 1. The summed E-state index contributed by atoms with van der Waals surface area (Å²) in [6, 6.07) is 13.8. The van der Waals surface area contributed by atoms with Gasteiger partial charge in [-0.15, -0.1) is 11.8 Å². The van der Waals surface area contributed by atoms with E-state index in [0.29, 0.717) is 11.4 Å². The Morgan fingerprint density at radius 2 is 1.70 bits per heavy atom. The van der Waals surface area contributed by atoms with Gasteiger partial charge in [-0.05, 0) is 42.0 Å². The second-order valence-electron chi connectivity index (χ2n) is 5.02. The normalized spacial score (nSPS) is 18.4. The number of primary sulfonamides is 1. The van der Waals surface area contributed by atoms with E-state index in [2.05, 4.69) is 15.9 Å². The van der Waals surface area contributed by atoms with Crippen LogP contribution in [0, 0.1) is 0 Å². The van der Waals surface area contributed by atoms with Crippen molar-refractivity contribution in [3.63, 3.8) is 0 Å². The lowest BCUT2D eigenvalue weighted by molar-refractivity contribution is -0.115. The molecule has 120 valence electrons. The maximum atomic E-state index is 12.3. The number of nitrogens with zero attached hydrogens (tertiary/aromatic N) is 1. The minimum absolute atomic E-state index is 0.00808. The zero-order chi connectivity index (χ0) is 16.6. The van der Waals surface area contributed by atoms with Crippen LogP contribution in [0.5, 0.6) is 0 Å². The van der Waals surface area contributed by atoms with Crippen LogP contribution in [-0.2, 0) is 14.8 Å². The Balaban J connectivity index is 1.95. The first-order chi connectivity index (χ1) is 10.9. The summed E-state index contributed by atoms with van der Waals surface area (Å²) < 4.78 is 23.6. The van der Waals surface area contributed by atoms with Crippen LogP contribution < -0.4 is 10.0 Å². The van der Waals surface area contributed by atoms with E-state index in [1.165, 1.54) is 12.1 Å². The fourth-order valence-electron chi connectivity index (χ4n) is 2.37. The van der Waals surface area contributed by atoms with Crippen molar-refractivity contribution in [2.45, 2.75) is 10.3 Å². The summed E-state index contributed by atoms with van der Waals surface area (Å²) in [4.78, 5) is 14.0. The summed E-state index contributed by atoms with van der Waals surface area (Å²) >= 11 is 4.94. The van der Waals surface area contributed by atoms with Gasteiger partial charge >= 0.3 is 0 Å². The van der Waals surface area contributed by atoms with E-state index in [9.17, 15) is 13.2 Å². The van der Waals surface area contributed by atoms with Gasteiger partial charge in [0.25, 0.3) is 0 Å². The van der Waals surface area contributed by atoms with Crippen LogP contribution in [0.25, 0.3) is 0 Å². The lowest BCUT2D eigenvalue weighted by Crippen LogP contribution is -2.27. The van der Waals surface area contributed by atoms with Crippen LogP contribution >= 0.6 is 27.7 Å². The molecule has 3 rings (SSSR count). The Labute approximate surface area is 147 Å². The molecular formula is C15H13BrN2O3S2. The fraction of sp³-hybridized carbons (Fsp3) is 0.133. The molecule has 1 aliphatic heterocycles. The Morgan fingerprint density at radius 3 is 2.26 bits per heavy atom. The van der Waals surface area contributed by atoms with Crippen LogP contribution in [0.15, 0.2) is 57.9 Å². The van der Waals surface area contributed by atoms with Gasteiger partial charge in [-0.3, -0.25) is 9.69 Å². The number of carbonyl (C=O) groups excluding carboxylic acids is 1. The Hall–Kier alpha value is -1.35. The van der Waals surface area contributed by atoms with Crippen LogP contribution in [0.1, 0.15) is 10.9 Å². The SMILES string of the molecule is NS(=O)(=O)c1ccc(N2C(=O)CSC2c2ccc(Br)cc2)cc1. The van der Waals surface area contributed by atoms with Gasteiger partial charge < -0.3 is 0 Å². The van der Waals surface area contributed by atoms with Gasteiger partial charge in [0.2, 0.25) is 15.9 Å². The average molecular weight is 413 g/mol. The van der Waals surface area contributed by atoms with Crippen molar-refractivity contribution in [2.24, 2.45) is 5.14 Å². The first-order valence-corrected chi connectivity index (χ1v) is 10.1. The number of amides is 1. The van der Waals surface area contributed by atoms with Crippen molar-refractivity contribution in [3.05, 3.63) is 58.6 Å². The second kappa shape index (κ2) is 6.27. The van der Waals surface area contributed by atoms with Crippen LogP contribution in [0.3, 0.4) is 0 Å². The summed E-state index contributed by atoms with van der Waals surface area (Å²) in [5, 5.41) is 4.97. The lowest BCUT2D eigenvalue weighted by Gasteiger charge is -2.24. The average Bonchev–Trinajstić information content (AvgIpc) is 2.89. The van der Waals surface area contributed by atoms with Crippen molar-refractivity contribution in [2.75, 3.05) is 10.7 Å². The number of sulfonamides is 1. The number of thioether (sulfide) groups is 1. The van der Waals surface area contributed by atoms with Gasteiger partial charge in [0.15, 0.2) is 0 Å². The molecule has 2 aromatic carbocycles. The monoisotopic (exact) mass is 412 g/mol. The lowest BCUT2D eigenvalue weighted by atomic mass is 10.2. The number of anilines is 1. The maximum Gasteiger partial charge on any atom is 0.238 e. The molecule has 2 N–H and O–H groups in total. The molecular weight excluding hydrogens is 400 g/mol. The molecule has 0 spiro atoms. The highest BCUT2D eigenvalue weighted by molar-refractivity contribution is 9.10. The first kappa shape index (κ1) is 16.5. The summed E-state index contributed by atoms with van der Waals surface area (Å²) in [5.74, 6) is 0.378. The fourth-order valence-corrected chi connectivity index (χ4v) is 4.33. The predicted molar refractivity (Wildman–Crippen MR) is 94.6 cm³/mol. The quantitative estimate of drug-likeness (QED) is 0.839. The topological polar surface area (TPSA) is 80.5 Å². The summed E-state index contributed by atoms with van der Waals surface area (Å²) in [6.45, 7) is 0. The molecule has 0 aromatic heterocycles. The number of halogens is 1. The van der Waals surface area contributed by atoms with Gasteiger partial charge in [0.1, 0.15) is 5.37 Å². The molecule has 0 radical (unpaired) electrons. The van der Waals surface area contributed by atoms with Gasteiger partial charge in [-0.2, -0.15) is 0 Å². The van der Waals surface area contributed by atoms with E-state index in [-0.39, 0.29) is 16.2 Å². The number of carbonyl (C=O) groups is 1. The molecule has 1 saturated heterocycles. The molecule has 0 aliphatic carbocycles. The largest absolute Gasteiger partial charge is 0.295 e. The third-order valence-corrected chi connectivity index (χ3v) is 6.14. The molecule has 1 heterocycles. The van der Waals surface area contributed by atoms with Crippen LogP contribution in [-0.4, -0.2) is 20.1 Å². The highest BCUT2D eigenvalue weighted by atomic mass is 79.9. The number of nitrogens with two attached hydrogens (primary N) is 1. The number of rotatable bonds is 3. The van der Waals surface area contributed by atoms with E-state index >= 15 is 0 Å². The summed E-state index contributed by atoms with van der Waals surface area (Å²) in [5.41, 5.74) is 1.67. The molecule has 1 unspecified atom stereocenters. The molecule has 2 aromatic rings. The smallest absolute Gasteiger partial charge is 0.238 e. The third kappa shape index (κ3) is 3.45. The van der Waals surface area contributed by atoms with Gasteiger partial charge in [-0.25, -0.2) is 13.6 Å². The van der Waals surface area contributed by atoms with Gasteiger partial charge in [0.05, 0.1) is 10.6 Å². The number of benzene rings is 2. The maximum absolute atomic E-state index is 12.3. The summed E-state index contributed by atoms with van der Waals surface area (Å²) in [6.07, 6.45) is 0. The van der Waals surface area contributed by atoms with Crippen molar-refractivity contribution >= 4 is 49.3 Å². The van der Waals surface area contributed by atoms with Crippen LogP contribution in [0.2, 0.25) is 0 Å². The molecule has 5 nitrogen and oxygen atoms in total. The van der Waals surface area contributed by atoms with Crippen molar-refractivity contribution in [3.8, 4) is 0 Å². The van der Waals surface area contributed by atoms with Crippen molar-refractivity contribution in [1.82, 2.24) is 0 Å². The van der Waals surface area contributed by atoms with E-state index in [1.54, 1.807) is 28.8 Å². The van der Waals surface area contributed by atoms with Crippen LogP contribution in [0.4, 0.5) is 5.69 Å². The van der Waals surface area contributed by atoms with Gasteiger partial charge in [-0.1, -0.05) is 28.1 Å². The number of hydrogen-bond acceptors (Lipinski definition) is 4. The minimum atomic E-state index is -3.74. The van der Waals surface area contributed by atoms with E-state index in [0.717, 1.165) is 10.0 Å². The standard InChI is InChI=1S/C15H13BrN2O3S2/c16-11-3-1-10(2-4-11)15-18(14(19)9-22-15)12-5-7-13(8-6-12)23(17,20)21/h1-8,15H,9H2,(H2,17,20,21). The summed E-state index contributed by atoms with van der Waals surface area (Å²) in [7, 11) is -3.74. The molecule has 1 atom stereocenters. The second-order valence-corrected chi connectivity index (χ2v) is 8.56. The molecule has 8 heteroatoms. The molecule has 0 saturated carbocycles. The Morgan fingerprint density at radius 1 is 1.09 bits per heavy atom. The Kier molecular flexibility index (Phi) is 4.50. The molecule has 1 fully saturated rings. The van der Waals surface area contributed by atoms with Crippen molar-refractivity contribution < 1.29 is 13.2 Å². The van der Waals surface area contributed by atoms with E-state index in [4.69, 9.17) is 5.14 Å². The zero-order valence-corrected chi connectivity index (χ0v) is 15.1. The zero-order valence-electron chi connectivity index (χ0n) is 11.8. The first-order valence-electron chi connectivity index (χ1n) is 6.68. The molecule has 0 bridgehead atoms. The highest BCUT2D eigenvalue weighted by Crippen LogP contribution is 2.42. The van der Waals surface area contributed by atoms with E-state index in [1.807, 2.05) is 24.3 Å². The minimum Gasteiger partial charge on any atom is -0.295 e.